The Morgan fingerprint density at radius 2 is 2.16 bits per heavy atom. The van der Waals surface area contributed by atoms with Gasteiger partial charge in [-0.3, -0.25) is 0 Å². The van der Waals surface area contributed by atoms with Gasteiger partial charge in [0.05, 0.1) is 19.9 Å². The summed E-state index contributed by atoms with van der Waals surface area (Å²) in [6, 6.07) is 5.89. The van der Waals surface area contributed by atoms with Crippen LogP contribution >= 0.6 is 0 Å². The number of hydrogen-bond acceptors (Lipinski definition) is 4. The van der Waals surface area contributed by atoms with Crippen molar-refractivity contribution in [3.63, 3.8) is 0 Å². The number of rotatable bonds is 5. The second-order valence-corrected chi connectivity index (χ2v) is 5.00. The normalized spacial score (nSPS) is 19.3. The van der Waals surface area contributed by atoms with Gasteiger partial charge in [0, 0.05) is 25.8 Å². The minimum atomic E-state index is 0.272. The third-order valence-electron chi connectivity index (χ3n) is 3.78. The third kappa shape index (κ3) is 3.32. The van der Waals surface area contributed by atoms with Crippen molar-refractivity contribution in [1.82, 2.24) is 0 Å². The number of hydrogen-bond donors (Lipinski definition) is 1. The van der Waals surface area contributed by atoms with Crippen LogP contribution in [0.1, 0.15) is 19.3 Å². The molecule has 1 aliphatic rings. The van der Waals surface area contributed by atoms with E-state index in [0.717, 1.165) is 43.1 Å². The number of anilines is 1. The number of aliphatic hydroxyl groups excluding tert-OH is 1. The lowest BCUT2D eigenvalue weighted by atomic mass is 9.94. The predicted molar refractivity (Wildman–Crippen MR) is 76.2 cm³/mol. The molecule has 1 fully saturated rings. The van der Waals surface area contributed by atoms with Crippen molar-refractivity contribution in [3.8, 4) is 11.5 Å². The van der Waals surface area contributed by atoms with Crippen LogP contribution in [0.2, 0.25) is 0 Å². The Balaban J connectivity index is 2.19. The quantitative estimate of drug-likeness (QED) is 0.887. The molecule has 1 unspecified atom stereocenters. The molecular weight excluding hydrogens is 242 g/mol. The zero-order chi connectivity index (χ0) is 13.7. The van der Waals surface area contributed by atoms with E-state index in [1.807, 2.05) is 18.2 Å². The van der Waals surface area contributed by atoms with Crippen LogP contribution in [0.3, 0.4) is 0 Å². The fraction of sp³-hybridized carbons (Fsp3) is 0.600. The summed E-state index contributed by atoms with van der Waals surface area (Å²) in [6.07, 6.45) is 3.23. The van der Waals surface area contributed by atoms with E-state index in [4.69, 9.17) is 14.6 Å². The molecule has 0 amide bonds. The molecule has 1 N–H and O–H groups in total. The van der Waals surface area contributed by atoms with Crippen LogP contribution in [0.4, 0.5) is 5.69 Å². The third-order valence-corrected chi connectivity index (χ3v) is 3.78. The molecule has 0 saturated carbocycles. The van der Waals surface area contributed by atoms with Gasteiger partial charge < -0.3 is 19.5 Å². The molecule has 1 aliphatic heterocycles. The standard InChI is InChI=1S/C15H23NO3/c1-18-13-5-6-15(19-2)14(10-13)16-8-3-4-12(11-16)7-9-17/h5-6,10,12,17H,3-4,7-9,11H2,1-2H3. The largest absolute Gasteiger partial charge is 0.497 e. The predicted octanol–water partition coefficient (Wildman–Crippen LogP) is 2.30. The lowest BCUT2D eigenvalue weighted by Gasteiger charge is -2.35. The van der Waals surface area contributed by atoms with Crippen LogP contribution in [0.25, 0.3) is 0 Å². The molecule has 1 aromatic rings. The molecule has 0 bridgehead atoms. The highest BCUT2D eigenvalue weighted by Gasteiger charge is 2.22. The maximum absolute atomic E-state index is 9.10. The highest BCUT2D eigenvalue weighted by Crippen LogP contribution is 2.35. The molecule has 1 atom stereocenters. The lowest BCUT2D eigenvalue weighted by Crippen LogP contribution is -2.36. The molecule has 106 valence electrons. The van der Waals surface area contributed by atoms with Crippen molar-refractivity contribution in [1.29, 1.82) is 0 Å². The molecular formula is C15H23NO3. The second-order valence-electron chi connectivity index (χ2n) is 5.00. The van der Waals surface area contributed by atoms with Crippen LogP contribution in [0, 0.1) is 5.92 Å². The SMILES string of the molecule is COc1ccc(OC)c(N2CCCC(CCO)C2)c1. The second kappa shape index (κ2) is 6.66. The summed E-state index contributed by atoms with van der Waals surface area (Å²) >= 11 is 0. The van der Waals surface area contributed by atoms with Crippen LogP contribution in [0.5, 0.6) is 11.5 Å². The van der Waals surface area contributed by atoms with Crippen molar-refractivity contribution in [2.24, 2.45) is 5.92 Å². The van der Waals surface area contributed by atoms with Gasteiger partial charge in [-0.1, -0.05) is 0 Å². The smallest absolute Gasteiger partial charge is 0.142 e. The average molecular weight is 265 g/mol. The van der Waals surface area contributed by atoms with E-state index < -0.39 is 0 Å². The van der Waals surface area contributed by atoms with Crippen LogP contribution in [0.15, 0.2) is 18.2 Å². The first-order chi connectivity index (χ1) is 9.28. The Bertz CT molecular complexity index is 406. The molecule has 2 rings (SSSR count). The molecule has 0 radical (unpaired) electrons. The van der Waals surface area contributed by atoms with Crippen LogP contribution < -0.4 is 14.4 Å². The van der Waals surface area contributed by atoms with E-state index in [-0.39, 0.29) is 6.61 Å². The topological polar surface area (TPSA) is 41.9 Å². The number of benzene rings is 1. The number of methoxy groups -OCH3 is 2. The molecule has 4 nitrogen and oxygen atoms in total. The Labute approximate surface area is 114 Å². The molecule has 0 spiro atoms. The average Bonchev–Trinajstić information content (AvgIpc) is 2.47. The zero-order valence-electron chi connectivity index (χ0n) is 11.8. The summed E-state index contributed by atoms with van der Waals surface area (Å²) in [5, 5.41) is 9.10. The molecule has 1 heterocycles. The maximum atomic E-state index is 9.10. The molecule has 1 saturated heterocycles. The molecule has 19 heavy (non-hydrogen) atoms. The van der Waals surface area contributed by atoms with Crippen molar-refractivity contribution < 1.29 is 14.6 Å². The number of aliphatic hydroxyl groups is 1. The lowest BCUT2D eigenvalue weighted by molar-refractivity contribution is 0.244. The maximum Gasteiger partial charge on any atom is 0.142 e. The van der Waals surface area contributed by atoms with Crippen LogP contribution in [-0.2, 0) is 0 Å². The highest BCUT2D eigenvalue weighted by atomic mass is 16.5. The highest BCUT2D eigenvalue weighted by molar-refractivity contribution is 5.61. The van der Waals surface area contributed by atoms with Gasteiger partial charge in [0.25, 0.3) is 0 Å². The Morgan fingerprint density at radius 3 is 2.84 bits per heavy atom. The first kappa shape index (κ1) is 14.0. The number of ether oxygens (including phenoxy) is 2. The van der Waals surface area contributed by atoms with Crippen molar-refractivity contribution in [2.75, 3.05) is 38.8 Å². The van der Waals surface area contributed by atoms with E-state index in [1.165, 1.54) is 6.42 Å². The van der Waals surface area contributed by atoms with Crippen molar-refractivity contribution >= 4 is 5.69 Å². The molecule has 4 heteroatoms. The van der Waals surface area contributed by atoms with Crippen molar-refractivity contribution in [3.05, 3.63) is 18.2 Å². The number of nitrogens with zero attached hydrogens (tertiary/aromatic N) is 1. The summed E-state index contributed by atoms with van der Waals surface area (Å²) in [7, 11) is 3.37. The van der Waals surface area contributed by atoms with E-state index in [1.54, 1.807) is 14.2 Å². The zero-order valence-corrected chi connectivity index (χ0v) is 11.8. The summed E-state index contributed by atoms with van der Waals surface area (Å²) in [5.74, 6) is 2.29. The summed E-state index contributed by atoms with van der Waals surface area (Å²) in [5.41, 5.74) is 1.09. The number of piperidine rings is 1. The van der Waals surface area contributed by atoms with Gasteiger partial charge in [-0.05, 0) is 37.3 Å². The Morgan fingerprint density at radius 1 is 1.32 bits per heavy atom. The summed E-state index contributed by atoms with van der Waals surface area (Å²) < 4.78 is 10.7. The first-order valence-electron chi connectivity index (χ1n) is 6.86. The van der Waals surface area contributed by atoms with Gasteiger partial charge >= 0.3 is 0 Å². The van der Waals surface area contributed by atoms with Gasteiger partial charge in [-0.25, -0.2) is 0 Å². The monoisotopic (exact) mass is 265 g/mol. The van der Waals surface area contributed by atoms with Crippen molar-refractivity contribution in [2.45, 2.75) is 19.3 Å². The van der Waals surface area contributed by atoms with E-state index >= 15 is 0 Å². The fourth-order valence-electron chi connectivity index (χ4n) is 2.75. The molecule has 1 aromatic carbocycles. The summed E-state index contributed by atoms with van der Waals surface area (Å²) in [4.78, 5) is 2.34. The minimum absolute atomic E-state index is 0.272. The Kier molecular flexibility index (Phi) is 4.91. The van der Waals surface area contributed by atoms with Gasteiger partial charge in [0.15, 0.2) is 0 Å². The van der Waals surface area contributed by atoms with E-state index in [2.05, 4.69) is 4.90 Å². The van der Waals surface area contributed by atoms with Gasteiger partial charge in [0.1, 0.15) is 11.5 Å². The Hall–Kier alpha value is -1.42. The first-order valence-corrected chi connectivity index (χ1v) is 6.86. The minimum Gasteiger partial charge on any atom is -0.497 e. The van der Waals surface area contributed by atoms with Gasteiger partial charge in [-0.15, -0.1) is 0 Å². The molecule has 0 aromatic heterocycles. The van der Waals surface area contributed by atoms with E-state index in [0.29, 0.717) is 5.92 Å². The summed E-state index contributed by atoms with van der Waals surface area (Å²) in [6.45, 7) is 2.28. The van der Waals surface area contributed by atoms with E-state index in [9.17, 15) is 0 Å². The van der Waals surface area contributed by atoms with Gasteiger partial charge in [-0.2, -0.15) is 0 Å². The molecule has 0 aliphatic carbocycles. The van der Waals surface area contributed by atoms with Crippen LogP contribution in [-0.4, -0.2) is 39.0 Å². The van der Waals surface area contributed by atoms with Gasteiger partial charge in [0.2, 0.25) is 0 Å². The fourth-order valence-corrected chi connectivity index (χ4v) is 2.75.